The number of nitrogens with two attached hydrogens (primary N) is 1. The van der Waals surface area contributed by atoms with Crippen molar-refractivity contribution < 1.29 is 4.79 Å². The third-order valence-corrected chi connectivity index (χ3v) is 3.03. The number of nitrogens with one attached hydrogen (secondary N) is 1. The van der Waals surface area contributed by atoms with Gasteiger partial charge in [-0.1, -0.05) is 24.6 Å². The van der Waals surface area contributed by atoms with Crippen molar-refractivity contribution in [3.05, 3.63) is 48.3 Å². The van der Waals surface area contributed by atoms with E-state index in [9.17, 15) is 4.79 Å². The molecule has 0 radical (unpaired) electrons. The molecule has 2 aromatic rings. The summed E-state index contributed by atoms with van der Waals surface area (Å²) in [4.78, 5) is 11.9. The van der Waals surface area contributed by atoms with Gasteiger partial charge in [0, 0.05) is 12.7 Å². The molecule has 3 N–H and O–H groups in total. The van der Waals surface area contributed by atoms with Gasteiger partial charge in [0.25, 0.3) is 5.91 Å². The molecular formula is C15H20N4O. The molecule has 0 spiro atoms. The molecule has 0 atom stereocenters. The Kier molecular flexibility index (Phi) is 5.32. The molecular weight excluding hydrogens is 252 g/mol. The monoisotopic (exact) mass is 272 g/mol. The second-order valence-electron chi connectivity index (χ2n) is 4.61. The Labute approximate surface area is 118 Å². The Morgan fingerprint density at radius 2 is 2.00 bits per heavy atom. The topological polar surface area (TPSA) is 72.9 Å². The van der Waals surface area contributed by atoms with Gasteiger partial charge in [-0.25, -0.2) is 4.68 Å². The van der Waals surface area contributed by atoms with E-state index < -0.39 is 0 Å². The number of amides is 1. The average molecular weight is 272 g/mol. The van der Waals surface area contributed by atoms with Gasteiger partial charge in [0.05, 0.1) is 17.4 Å². The van der Waals surface area contributed by atoms with Crippen LogP contribution >= 0.6 is 0 Å². The molecule has 5 nitrogen and oxygen atoms in total. The lowest BCUT2D eigenvalue weighted by Gasteiger charge is -2.03. The summed E-state index contributed by atoms with van der Waals surface area (Å²) in [6.07, 6.45) is 6.32. The lowest BCUT2D eigenvalue weighted by molar-refractivity contribution is 0.0953. The van der Waals surface area contributed by atoms with Gasteiger partial charge in [-0.2, -0.15) is 5.10 Å². The molecule has 1 amide bonds. The number of aromatic nitrogens is 2. The fourth-order valence-electron chi connectivity index (χ4n) is 1.91. The average Bonchev–Trinajstić information content (AvgIpc) is 2.98. The highest BCUT2D eigenvalue weighted by Gasteiger charge is 2.08. The first-order valence-corrected chi connectivity index (χ1v) is 6.89. The van der Waals surface area contributed by atoms with Crippen LogP contribution in [0.5, 0.6) is 0 Å². The molecule has 0 bridgehead atoms. The number of benzene rings is 1. The van der Waals surface area contributed by atoms with Gasteiger partial charge in [0.2, 0.25) is 0 Å². The lowest BCUT2D eigenvalue weighted by Crippen LogP contribution is -2.24. The van der Waals surface area contributed by atoms with Crippen molar-refractivity contribution in [2.24, 2.45) is 5.73 Å². The van der Waals surface area contributed by atoms with E-state index in [0.717, 1.165) is 24.9 Å². The van der Waals surface area contributed by atoms with Crippen LogP contribution in [0.4, 0.5) is 0 Å². The van der Waals surface area contributed by atoms with Crippen molar-refractivity contribution in [1.82, 2.24) is 15.1 Å². The number of carbonyl (C=O) groups excluding carboxylic acids is 1. The molecule has 0 aliphatic rings. The minimum atomic E-state index is -0.0834. The first-order valence-electron chi connectivity index (χ1n) is 6.89. The minimum absolute atomic E-state index is 0.0834. The summed E-state index contributed by atoms with van der Waals surface area (Å²) in [6.45, 7) is 1.38. The van der Waals surface area contributed by atoms with Gasteiger partial charge in [-0.3, -0.25) is 4.79 Å². The number of unbranched alkanes of at least 4 members (excludes halogenated alkanes) is 2. The summed E-state index contributed by atoms with van der Waals surface area (Å²) in [6, 6.07) is 9.72. The SMILES string of the molecule is NCCCCCNC(=O)c1cnn(-c2ccccc2)c1. The summed E-state index contributed by atoms with van der Waals surface area (Å²) in [7, 11) is 0. The molecule has 5 heteroatoms. The fraction of sp³-hybridized carbons (Fsp3) is 0.333. The number of nitrogens with zero attached hydrogens (tertiary/aromatic N) is 2. The highest BCUT2D eigenvalue weighted by molar-refractivity contribution is 5.93. The zero-order valence-corrected chi connectivity index (χ0v) is 11.5. The Morgan fingerprint density at radius 3 is 2.75 bits per heavy atom. The molecule has 0 aliphatic carbocycles. The van der Waals surface area contributed by atoms with Gasteiger partial charge in [0.15, 0.2) is 0 Å². The Hall–Kier alpha value is -2.14. The Morgan fingerprint density at radius 1 is 1.20 bits per heavy atom. The van der Waals surface area contributed by atoms with Crippen LogP contribution < -0.4 is 11.1 Å². The molecule has 0 saturated carbocycles. The Bertz CT molecular complexity index is 536. The van der Waals surface area contributed by atoms with Crippen LogP contribution in [0.3, 0.4) is 0 Å². The van der Waals surface area contributed by atoms with Crippen LogP contribution in [-0.2, 0) is 0 Å². The smallest absolute Gasteiger partial charge is 0.254 e. The first kappa shape index (κ1) is 14.3. The molecule has 0 saturated heterocycles. The van der Waals surface area contributed by atoms with Crippen LogP contribution in [0.25, 0.3) is 5.69 Å². The summed E-state index contributed by atoms with van der Waals surface area (Å²) in [5, 5.41) is 7.09. The highest BCUT2D eigenvalue weighted by atomic mass is 16.1. The summed E-state index contributed by atoms with van der Waals surface area (Å²) >= 11 is 0. The van der Waals surface area contributed by atoms with E-state index in [1.165, 1.54) is 0 Å². The van der Waals surface area contributed by atoms with Crippen LogP contribution in [0.2, 0.25) is 0 Å². The largest absolute Gasteiger partial charge is 0.352 e. The maximum absolute atomic E-state index is 11.9. The molecule has 1 aromatic heterocycles. The summed E-state index contributed by atoms with van der Waals surface area (Å²) in [5.41, 5.74) is 6.94. The Balaban J connectivity index is 1.87. The van der Waals surface area contributed by atoms with Crippen molar-refractivity contribution in [3.63, 3.8) is 0 Å². The van der Waals surface area contributed by atoms with E-state index in [0.29, 0.717) is 18.7 Å². The molecule has 2 rings (SSSR count). The predicted molar refractivity (Wildman–Crippen MR) is 78.8 cm³/mol. The van der Waals surface area contributed by atoms with Gasteiger partial charge >= 0.3 is 0 Å². The summed E-state index contributed by atoms with van der Waals surface area (Å²) < 4.78 is 1.70. The fourth-order valence-corrected chi connectivity index (χ4v) is 1.91. The van der Waals surface area contributed by atoms with Crippen molar-refractivity contribution in [2.75, 3.05) is 13.1 Å². The van der Waals surface area contributed by atoms with Crippen molar-refractivity contribution in [3.8, 4) is 5.69 Å². The quantitative estimate of drug-likeness (QED) is 0.754. The molecule has 0 unspecified atom stereocenters. The third kappa shape index (κ3) is 3.93. The number of carbonyl (C=O) groups is 1. The van der Waals surface area contributed by atoms with E-state index in [2.05, 4.69) is 10.4 Å². The summed E-state index contributed by atoms with van der Waals surface area (Å²) in [5.74, 6) is -0.0834. The van der Waals surface area contributed by atoms with Gasteiger partial charge in [0.1, 0.15) is 0 Å². The maximum atomic E-state index is 11.9. The molecule has 1 heterocycles. The zero-order valence-electron chi connectivity index (χ0n) is 11.5. The third-order valence-electron chi connectivity index (χ3n) is 3.03. The van der Waals surface area contributed by atoms with E-state index in [1.54, 1.807) is 17.1 Å². The van der Waals surface area contributed by atoms with Crippen LogP contribution in [-0.4, -0.2) is 28.8 Å². The number of hydrogen-bond donors (Lipinski definition) is 2. The van der Waals surface area contributed by atoms with Crippen LogP contribution in [0.1, 0.15) is 29.6 Å². The first-order chi connectivity index (χ1) is 9.81. The molecule has 0 fully saturated rings. The lowest BCUT2D eigenvalue weighted by atomic mass is 10.2. The van der Waals surface area contributed by atoms with E-state index >= 15 is 0 Å². The zero-order chi connectivity index (χ0) is 14.2. The number of hydrogen-bond acceptors (Lipinski definition) is 3. The van der Waals surface area contributed by atoms with Gasteiger partial charge in [-0.15, -0.1) is 0 Å². The minimum Gasteiger partial charge on any atom is -0.352 e. The molecule has 106 valence electrons. The highest BCUT2D eigenvalue weighted by Crippen LogP contribution is 2.07. The molecule has 20 heavy (non-hydrogen) atoms. The maximum Gasteiger partial charge on any atom is 0.254 e. The number of rotatable bonds is 7. The van der Waals surface area contributed by atoms with Crippen molar-refractivity contribution >= 4 is 5.91 Å². The standard InChI is InChI=1S/C15H20N4O/c16-9-5-2-6-10-17-15(20)13-11-18-19(12-13)14-7-3-1-4-8-14/h1,3-4,7-8,11-12H,2,5-6,9-10,16H2,(H,17,20). The van der Waals surface area contributed by atoms with Gasteiger partial charge < -0.3 is 11.1 Å². The van der Waals surface area contributed by atoms with E-state index in [1.807, 2.05) is 30.3 Å². The number of para-hydroxylation sites is 1. The van der Waals surface area contributed by atoms with E-state index in [4.69, 9.17) is 5.73 Å². The van der Waals surface area contributed by atoms with E-state index in [-0.39, 0.29) is 5.91 Å². The van der Waals surface area contributed by atoms with Crippen molar-refractivity contribution in [2.45, 2.75) is 19.3 Å². The predicted octanol–water partition coefficient (Wildman–Crippen LogP) is 1.73. The second kappa shape index (κ2) is 7.45. The van der Waals surface area contributed by atoms with Crippen LogP contribution in [0.15, 0.2) is 42.7 Å². The second-order valence-corrected chi connectivity index (χ2v) is 4.61. The molecule has 0 aliphatic heterocycles. The normalized spacial score (nSPS) is 10.4. The van der Waals surface area contributed by atoms with Crippen LogP contribution in [0, 0.1) is 0 Å². The van der Waals surface area contributed by atoms with Crippen molar-refractivity contribution in [1.29, 1.82) is 0 Å². The molecule has 1 aromatic carbocycles. The van der Waals surface area contributed by atoms with Gasteiger partial charge in [-0.05, 0) is 31.5 Å².